The molecule has 2 aromatic carbocycles. The van der Waals surface area contributed by atoms with E-state index in [1.54, 1.807) is 12.1 Å². The number of nitrogen functional groups attached to an aromatic ring is 1. The predicted octanol–water partition coefficient (Wildman–Crippen LogP) is 1.47. The van der Waals surface area contributed by atoms with Gasteiger partial charge in [-0.1, -0.05) is 18.2 Å². The van der Waals surface area contributed by atoms with E-state index in [1.165, 1.54) is 18.2 Å². The fraction of sp³-hybridized carbons (Fsp3) is 0. The Morgan fingerprint density at radius 2 is 1.93 bits per heavy atom. The van der Waals surface area contributed by atoms with Gasteiger partial charge in [-0.2, -0.15) is 8.42 Å². The van der Waals surface area contributed by atoms with Crippen molar-refractivity contribution in [2.75, 3.05) is 5.73 Å². The number of nitrogens with two attached hydrogens (primary N) is 1. The third-order valence-electron chi connectivity index (χ3n) is 2.05. The van der Waals surface area contributed by atoms with Crippen molar-refractivity contribution >= 4 is 26.6 Å². The summed E-state index contributed by atoms with van der Waals surface area (Å²) >= 11 is 0. The second-order valence-electron chi connectivity index (χ2n) is 3.11. The number of benzene rings is 2. The van der Waals surface area contributed by atoms with Crippen LogP contribution in [0.1, 0.15) is 0 Å². The molecular formula is C10H8NO3S. The minimum Gasteiger partial charge on any atom is -0.398 e. The summed E-state index contributed by atoms with van der Waals surface area (Å²) in [5.41, 5.74) is 5.94. The van der Waals surface area contributed by atoms with Crippen molar-refractivity contribution in [2.24, 2.45) is 0 Å². The van der Waals surface area contributed by atoms with Crippen LogP contribution in [-0.4, -0.2) is 13.0 Å². The maximum absolute atomic E-state index is 11.0. The lowest BCUT2D eigenvalue weighted by atomic mass is 10.1. The molecule has 0 unspecified atom stereocenters. The molecule has 15 heavy (non-hydrogen) atoms. The van der Waals surface area contributed by atoms with E-state index in [4.69, 9.17) is 10.3 Å². The van der Waals surface area contributed by atoms with Crippen LogP contribution in [0.15, 0.2) is 35.2 Å². The Balaban J connectivity index is 2.89. The summed E-state index contributed by atoms with van der Waals surface area (Å²) in [6, 6.07) is 10.4. The molecule has 0 atom stereocenters. The molecule has 4 nitrogen and oxygen atoms in total. The van der Waals surface area contributed by atoms with Gasteiger partial charge in [0.25, 0.3) is 10.1 Å². The van der Waals surface area contributed by atoms with Crippen LogP contribution in [0, 0.1) is 6.07 Å². The van der Waals surface area contributed by atoms with Crippen molar-refractivity contribution in [1.29, 1.82) is 0 Å². The number of rotatable bonds is 1. The summed E-state index contributed by atoms with van der Waals surface area (Å²) < 4.78 is 31.1. The van der Waals surface area contributed by atoms with E-state index >= 15 is 0 Å². The van der Waals surface area contributed by atoms with E-state index in [2.05, 4.69) is 6.07 Å². The molecule has 0 saturated heterocycles. The quantitative estimate of drug-likeness (QED) is 0.565. The molecule has 5 heteroatoms. The van der Waals surface area contributed by atoms with Crippen LogP contribution < -0.4 is 5.73 Å². The lowest BCUT2D eigenvalue weighted by Crippen LogP contribution is -1.99. The first-order valence-corrected chi connectivity index (χ1v) is 5.60. The number of anilines is 1. The predicted molar refractivity (Wildman–Crippen MR) is 57.0 cm³/mol. The number of fused-ring (bicyclic) bond motifs is 1. The zero-order valence-corrected chi connectivity index (χ0v) is 8.45. The van der Waals surface area contributed by atoms with Crippen LogP contribution in [0.5, 0.6) is 0 Å². The average molecular weight is 222 g/mol. The second kappa shape index (κ2) is 3.22. The molecule has 0 aliphatic carbocycles. The maximum Gasteiger partial charge on any atom is 0.295 e. The molecule has 77 valence electrons. The molecule has 0 aliphatic heterocycles. The molecule has 0 spiro atoms. The number of hydrogen-bond acceptors (Lipinski definition) is 3. The molecule has 0 aromatic heterocycles. The first kappa shape index (κ1) is 9.95. The zero-order valence-electron chi connectivity index (χ0n) is 7.64. The zero-order chi connectivity index (χ0) is 11.1. The highest BCUT2D eigenvalue weighted by atomic mass is 32.2. The number of hydrogen-bond donors (Lipinski definition) is 2. The van der Waals surface area contributed by atoms with Gasteiger partial charge < -0.3 is 5.73 Å². The minimum atomic E-state index is -4.20. The summed E-state index contributed by atoms with van der Waals surface area (Å²) in [6.45, 7) is 0. The Hall–Kier alpha value is -1.59. The van der Waals surface area contributed by atoms with Crippen molar-refractivity contribution < 1.29 is 13.0 Å². The fourth-order valence-electron chi connectivity index (χ4n) is 1.42. The molecule has 0 saturated carbocycles. The van der Waals surface area contributed by atoms with Gasteiger partial charge in [-0.15, -0.1) is 0 Å². The van der Waals surface area contributed by atoms with E-state index in [-0.39, 0.29) is 4.90 Å². The molecule has 3 N–H and O–H groups in total. The Morgan fingerprint density at radius 1 is 1.20 bits per heavy atom. The van der Waals surface area contributed by atoms with Crippen LogP contribution in [-0.2, 0) is 10.1 Å². The highest BCUT2D eigenvalue weighted by Gasteiger charge is 2.13. The maximum atomic E-state index is 11.0. The molecular weight excluding hydrogens is 214 g/mol. The van der Waals surface area contributed by atoms with Gasteiger partial charge in [0.1, 0.15) is 4.90 Å². The molecule has 0 heterocycles. The Morgan fingerprint density at radius 3 is 2.60 bits per heavy atom. The average Bonchev–Trinajstić information content (AvgIpc) is 2.15. The molecule has 0 fully saturated rings. The lowest BCUT2D eigenvalue weighted by Gasteiger charge is -2.03. The van der Waals surface area contributed by atoms with Crippen LogP contribution in [0.25, 0.3) is 10.8 Å². The monoisotopic (exact) mass is 222 g/mol. The Kier molecular flexibility index (Phi) is 2.13. The van der Waals surface area contributed by atoms with Gasteiger partial charge >= 0.3 is 0 Å². The van der Waals surface area contributed by atoms with Crippen molar-refractivity contribution in [3.63, 3.8) is 0 Å². The summed E-state index contributed by atoms with van der Waals surface area (Å²) in [7, 11) is -4.20. The van der Waals surface area contributed by atoms with Gasteiger partial charge in [-0.3, -0.25) is 4.55 Å². The largest absolute Gasteiger partial charge is 0.398 e. The summed E-state index contributed by atoms with van der Waals surface area (Å²) in [4.78, 5) is -0.128. The molecule has 2 rings (SSSR count). The standard InChI is InChI=1S/C10H8NO3S/c11-8-4-5-9-7(6-8)2-1-3-10(9)15(12,13)14/h1-5H,11H2,(H,12,13,14). The molecule has 1 radical (unpaired) electrons. The van der Waals surface area contributed by atoms with Crippen molar-refractivity contribution in [3.05, 3.63) is 36.4 Å². The highest BCUT2D eigenvalue weighted by molar-refractivity contribution is 7.86. The molecule has 0 bridgehead atoms. The van der Waals surface area contributed by atoms with Gasteiger partial charge in [0.2, 0.25) is 0 Å². The molecule has 0 amide bonds. The van der Waals surface area contributed by atoms with Crippen molar-refractivity contribution in [3.8, 4) is 0 Å². The summed E-state index contributed by atoms with van der Waals surface area (Å²) in [5.74, 6) is 0. The normalized spacial score (nSPS) is 11.8. The van der Waals surface area contributed by atoms with Crippen LogP contribution in [0.4, 0.5) is 5.69 Å². The van der Waals surface area contributed by atoms with Gasteiger partial charge in [-0.05, 0) is 17.5 Å². The Bertz CT molecular complexity index is 620. The molecule has 2 aromatic rings. The van der Waals surface area contributed by atoms with E-state index in [0.29, 0.717) is 16.5 Å². The van der Waals surface area contributed by atoms with E-state index in [9.17, 15) is 8.42 Å². The SMILES string of the molecule is Nc1[c]c2cccc(S(=O)(=O)O)c2cc1. The van der Waals surface area contributed by atoms with E-state index in [1.807, 2.05) is 0 Å². The van der Waals surface area contributed by atoms with E-state index < -0.39 is 10.1 Å². The third kappa shape index (κ3) is 1.79. The minimum absolute atomic E-state index is 0.128. The smallest absolute Gasteiger partial charge is 0.295 e. The summed E-state index contributed by atoms with van der Waals surface area (Å²) in [5, 5.41) is 0.972. The van der Waals surface area contributed by atoms with Gasteiger partial charge in [0.15, 0.2) is 0 Å². The highest BCUT2D eigenvalue weighted by Crippen LogP contribution is 2.23. The molecule has 0 aliphatic rings. The van der Waals surface area contributed by atoms with Gasteiger partial charge in [-0.25, -0.2) is 0 Å². The lowest BCUT2D eigenvalue weighted by molar-refractivity contribution is 0.484. The van der Waals surface area contributed by atoms with E-state index in [0.717, 1.165) is 0 Å². The first-order chi connectivity index (χ1) is 6.98. The topological polar surface area (TPSA) is 80.4 Å². The Labute approximate surface area is 87.1 Å². The van der Waals surface area contributed by atoms with Crippen molar-refractivity contribution in [1.82, 2.24) is 0 Å². The fourth-order valence-corrected chi connectivity index (χ4v) is 2.13. The third-order valence-corrected chi connectivity index (χ3v) is 2.96. The van der Waals surface area contributed by atoms with Gasteiger partial charge in [0, 0.05) is 17.1 Å². The van der Waals surface area contributed by atoms with Crippen LogP contribution in [0.3, 0.4) is 0 Å². The summed E-state index contributed by atoms with van der Waals surface area (Å²) in [6.07, 6.45) is 0. The van der Waals surface area contributed by atoms with Crippen molar-refractivity contribution in [2.45, 2.75) is 4.90 Å². The van der Waals surface area contributed by atoms with Crippen LogP contribution >= 0.6 is 0 Å². The van der Waals surface area contributed by atoms with Crippen LogP contribution in [0.2, 0.25) is 0 Å². The first-order valence-electron chi connectivity index (χ1n) is 4.16. The van der Waals surface area contributed by atoms with Gasteiger partial charge in [0.05, 0.1) is 0 Å². The second-order valence-corrected chi connectivity index (χ2v) is 4.50.